The van der Waals surface area contributed by atoms with Gasteiger partial charge in [-0.15, -0.1) is 0 Å². The van der Waals surface area contributed by atoms with Gasteiger partial charge in [0.25, 0.3) is 0 Å². The van der Waals surface area contributed by atoms with E-state index in [1.807, 2.05) is 98.5 Å². The lowest BCUT2D eigenvalue weighted by Gasteiger charge is -2.28. The lowest BCUT2D eigenvalue weighted by molar-refractivity contribution is -0.128. The van der Waals surface area contributed by atoms with Crippen molar-refractivity contribution < 1.29 is 19.1 Å². The standard InChI is InChI=1S/C32H37ClN4O4/c1-32(2,3)41-31(40)35-26-16-17-36(20-26)30(39)22-37(21-29(38)34-19-23-10-9-13-25(33)18-23)28-15-8-7-14-27(28)24-11-5-4-6-12-24/h4-15,18,26H,16-17,19-22H2,1-3H3,(H,34,38)(H,35,40). The molecular weight excluding hydrogens is 540 g/mol. The van der Waals surface area contributed by atoms with E-state index in [0.29, 0.717) is 31.1 Å². The molecule has 41 heavy (non-hydrogen) atoms. The van der Waals surface area contributed by atoms with Crippen molar-refractivity contribution in [1.29, 1.82) is 0 Å². The summed E-state index contributed by atoms with van der Waals surface area (Å²) in [5.74, 6) is -0.337. The molecule has 0 spiro atoms. The van der Waals surface area contributed by atoms with Gasteiger partial charge in [-0.2, -0.15) is 0 Å². The summed E-state index contributed by atoms with van der Waals surface area (Å²) in [6.45, 7) is 6.64. The SMILES string of the molecule is CC(C)(C)OC(=O)NC1CCN(C(=O)CN(CC(=O)NCc2cccc(Cl)c2)c2ccccc2-c2ccccc2)C1. The number of nitrogens with zero attached hydrogens (tertiary/aromatic N) is 2. The van der Waals surface area contributed by atoms with Gasteiger partial charge in [0.1, 0.15) is 5.60 Å². The fourth-order valence-corrected chi connectivity index (χ4v) is 4.97. The van der Waals surface area contributed by atoms with E-state index in [0.717, 1.165) is 22.4 Å². The first kappa shape index (κ1) is 29.9. The second-order valence-corrected chi connectivity index (χ2v) is 11.6. The molecule has 216 valence electrons. The first-order valence-electron chi connectivity index (χ1n) is 13.8. The van der Waals surface area contributed by atoms with Crippen LogP contribution in [0.1, 0.15) is 32.8 Å². The molecule has 3 amide bonds. The molecule has 1 heterocycles. The third-order valence-electron chi connectivity index (χ3n) is 6.63. The minimum Gasteiger partial charge on any atom is -0.444 e. The summed E-state index contributed by atoms with van der Waals surface area (Å²) < 4.78 is 5.36. The van der Waals surface area contributed by atoms with Crippen LogP contribution in [-0.4, -0.2) is 60.6 Å². The topological polar surface area (TPSA) is 91.0 Å². The van der Waals surface area contributed by atoms with Crippen LogP contribution in [0.3, 0.4) is 0 Å². The molecule has 8 nitrogen and oxygen atoms in total. The monoisotopic (exact) mass is 576 g/mol. The van der Waals surface area contributed by atoms with Gasteiger partial charge in [0.15, 0.2) is 0 Å². The van der Waals surface area contributed by atoms with E-state index < -0.39 is 11.7 Å². The van der Waals surface area contributed by atoms with Crippen LogP contribution < -0.4 is 15.5 Å². The van der Waals surface area contributed by atoms with E-state index >= 15 is 0 Å². The molecule has 4 rings (SSSR count). The van der Waals surface area contributed by atoms with Crippen LogP contribution in [0, 0.1) is 0 Å². The quantitative estimate of drug-likeness (QED) is 0.363. The maximum absolute atomic E-state index is 13.5. The second-order valence-electron chi connectivity index (χ2n) is 11.1. The molecule has 1 aliphatic heterocycles. The maximum Gasteiger partial charge on any atom is 0.407 e. The van der Waals surface area contributed by atoms with Crippen LogP contribution in [-0.2, 0) is 20.9 Å². The van der Waals surface area contributed by atoms with Gasteiger partial charge in [-0.25, -0.2) is 4.79 Å². The number of alkyl carbamates (subject to hydrolysis) is 1. The number of ether oxygens (including phenoxy) is 1. The van der Waals surface area contributed by atoms with E-state index in [2.05, 4.69) is 10.6 Å². The molecule has 1 atom stereocenters. The summed E-state index contributed by atoms with van der Waals surface area (Å²) in [5.41, 5.74) is 2.99. The summed E-state index contributed by atoms with van der Waals surface area (Å²) >= 11 is 6.09. The lowest BCUT2D eigenvalue weighted by atomic mass is 10.0. The third kappa shape index (κ3) is 8.98. The van der Waals surface area contributed by atoms with Gasteiger partial charge in [0, 0.05) is 35.9 Å². The molecule has 1 aliphatic rings. The Balaban J connectivity index is 1.48. The number of hydrogen-bond donors (Lipinski definition) is 2. The van der Waals surface area contributed by atoms with Crippen molar-refractivity contribution >= 4 is 35.2 Å². The van der Waals surface area contributed by atoms with Crippen molar-refractivity contribution in [2.45, 2.75) is 45.4 Å². The highest BCUT2D eigenvalue weighted by atomic mass is 35.5. The Morgan fingerprint density at radius 3 is 2.44 bits per heavy atom. The Morgan fingerprint density at radius 1 is 0.976 bits per heavy atom. The lowest BCUT2D eigenvalue weighted by Crippen LogP contribution is -2.45. The molecule has 0 saturated carbocycles. The number of rotatable bonds is 9. The van der Waals surface area contributed by atoms with Gasteiger partial charge >= 0.3 is 6.09 Å². The van der Waals surface area contributed by atoms with Crippen molar-refractivity contribution in [1.82, 2.24) is 15.5 Å². The minimum atomic E-state index is -0.599. The minimum absolute atomic E-state index is 0.00753. The Hall–Kier alpha value is -4.04. The van der Waals surface area contributed by atoms with Crippen molar-refractivity contribution in [3.05, 3.63) is 89.4 Å². The number of benzene rings is 3. The number of para-hydroxylation sites is 1. The molecule has 0 radical (unpaired) electrons. The van der Waals surface area contributed by atoms with Crippen molar-refractivity contribution in [2.75, 3.05) is 31.1 Å². The maximum atomic E-state index is 13.5. The van der Waals surface area contributed by atoms with Gasteiger partial charge in [0.2, 0.25) is 11.8 Å². The summed E-state index contributed by atoms with van der Waals surface area (Å²) in [4.78, 5) is 42.5. The van der Waals surface area contributed by atoms with Crippen LogP contribution in [0.2, 0.25) is 5.02 Å². The number of nitrogens with one attached hydrogen (secondary N) is 2. The largest absolute Gasteiger partial charge is 0.444 e. The summed E-state index contributed by atoms with van der Waals surface area (Å²) in [6.07, 6.45) is 0.137. The van der Waals surface area contributed by atoms with Crippen LogP contribution in [0.5, 0.6) is 0 Å². The Kier molecular flexibility index (Phi) is 9.89. The molecule has 1 unspecified atom stereocenters. The van der Waals surface area contributed by atoms with Gasteiger partial charge in [0.05, 0.1) is 19.1 Å². The predicted molar refractivity (Wildman–Crippen MR) is 162 cm³/mol. The Labute approximate surface area is 246 Å². The summed E-state index contributed by atoms with van der Waals surface area (Å²) in [5, 5.41) is 6.41. The third-order valence-corrected chi connectivity index (χ3v) is 6.87. The summed E-state index contributed by atoms with van der Waals surface area (Å²) in [6, 6.07) is 24.8. The van der Waals surface area contributed by atoms with E-state index in [4.69, 9.17) is 16.3 Å². The van der Waals surface area contributed by atoms with Gasteiger partial charge in [-0.1, -0.05) is 72.3 Å². The predicted octanol–water partition coefficient (Wildman–Crippen LogP) is 5.26. The molecule has 2 N–H and O–H groups in total. The number of halogens is 1. The zero-order chi connectivity index (χ0) is 29.4. The second kappa shape index (κ2) is 13.5. The molecule has 1 saturated heterocycles. The number of likely N-dealkylation sites (tertiary alicyclic amines) is 1. The molecule has 9 heteroatoms. The number of anilines is 1. The zero-order valence-corrected chi connectivity index (χ0v) is 24.5. The van der Waals surface area contributed by atoms with E-state index in [-0.39, 0.29) is 30.9 Å². The van der Waals surface area contributed by atoms with Crippen LogP contribution in [0.25, 0.3) is 11.1 Å². The Morgan fingerprint density at radius 2 is 1.71 bits per heavy atom. The highest BCUT2D eigenvalue weighted by Crippen LogP contribution is 2.31. The van der Waals surface area contributed by atoms with Crippen molar-refractivity contribution in [3.63, 3.8) is 0 Å². The van der Waals surface area contributed by atoms with Crippen molar-refractivity contribution in [3.8, 4) is 11.1 Å². The average molecular weight is 577 g/mol. The molecular formula is C32H37ClN4O4. The normalized spacial score (nSPS) is 14.8. The van der Waals surface area contributed by atoms with E-state index in [9.17, 15) is 14.4 Å². The van der Waals surface area contributed by atoms with Crippen LogP contribution in [0.4, 0.5) is 10.5 Å². The number of carbonyl (C=O) groups is 3. The fourth-order valence-electron chi connectivity index (χ4n) is 4.76. The number of amides is 3. The van der Waals surface area contributed by atoms with E-state index in [1.54, 1.807) is 11.0 Å². The van der Waals surface area contributed by atoms with Crippen LogP contribution in [0.15, 0.2) is 78.9 Å². The highest BCUT2D eigenvalue weighted by molar-refractivity contribution is 6.30. The van der Waals surface area contributed by atoms with Gasteiger partial charge in [-0.05, 0) is 56.5 Å². The molecule has 0 aromatic heterocycles. The molecule has 3 aromatic rings. The smallest absolute Gasteiger partial charge is 0.407 e. The molecule has 0 bridgehead atoms. The first-order chi connectivity index (χ1) is 19.6. The fraction of sp³-hybridized carbons (Fsp3) is 0.344. The molecule has 0 aliphatic carbocycles. The molecule has 1 fully saturated rings. The number of hydrogen-bond acceptors (Lipinski definition) is 5. The first-order valence-corrected chi connectivity index (χ1v) is 14.1. The van der Waals surface area contributed by atoms with Gasteiger partial charge < -0.3 is 25.2 Å². The Bertz CT molecular complexity index is 1360. The van der Waals surface area contributed by atoms with Crippen molar-refractivity contribution in [2.24, 2.45) is 0 Å². The number of carbonyl (C=O) groups excluding carboxylic acids is 3. The van der Waals surface area contributed by atoms with Gasteiger partial charge in [-0.3, -0.25) is 9.59 Å². The zero-order valence-electron chi connectivity index (χ0n) is 23.7. The summed E-state index contributed by atoms with van der Waals surface area (Å²) in [7, 11) is 0. The van der Waals surface area contributed by atoms with E-state index in [1.165, 1.54) is 0 Å². The average Bonchev–Trinajstić information content (AvgIpc) is 3.39. The highest BCUT2D eigenvalue weighted by Gasteiger charge is 2.30. The molecule has 3 aromatic carbocycles. The van der Waals surface area contributed by atoms with Crippen LogP contribution >= 0.6 is 11.6 Å².